The van der Waals surface area contributed by atoms with Crippen LogP contribution in [0.25, 0.3) is 0 Å². The van der Waals surface area contributed by atoms with E-state index in [0.29, 0.717) is 6.42 Å². The number of carbonyl (C=O) groups excluding carboxylic acids is 1. The van der Waals surface area contributed by atoms with Crippen LogP contribution in [0.15, 0.2) is 34.8 Å². The Morgan fingerprint density at radius 1 is 1.32 bits per heavy atom. The highest BCUT2D eigenvalue weighted by Gasteiger charge is 2.18. The maximum atomic E-state index is 12.4. The molecule has 2 heterocycles. The van der Waals surface area contributed by atoms with Gasteiger partial charge in [-0.3, -0.25) is 4.79 Å². The summed E-state index contributed by atoms with van der Waals surface area (Å²) in [6, 6.07) is 10.0. The Kier molecular flexibility index (Phi) is 4.10. The highest BCUT2D eigenvalue weighted by molar-refractivity contribution is 9.10. The quantitative estimate of drug-likeness (QED) is 0.743. The number of halogens is 1. The predicted octanol–water partition coefficient (Wildman–Crippen LogP) is 4.73. The van der Waals surface area contributed by atoms with Crippen molar-refractivity contribution in [3.8, 4) is 0 Å². The molecule has 3 rings (SSSR count). The molecule has 1 aliphatic rings. The number of benzene rings is 1. The van der Waals surface area contributed by atoms with Crippen molar-refractivity contribution in [1.29, 1.82) is 0 Å². The minimum atomic E-state index is 0.233. The van der Waals surface area contributed by atoms with E-state index in [1.807, 2.05) is 36.0 Å². The molecule has 0 unspecified atom stereocenters. The lowest BCUT2D eigenvalue weighted by Crippen LogP contribution is -2.01. The first kappa shape index (κ1) is 13.4. The van der Waals surface area contributed by atoms with Gasteiger partial charge in [0.1, 0.15) is 0 Å². The van der Waals surface area contributed by atoms with Crippen molar-refractivity contribution < 1.29 is 4.79 Å². The molecule has 0 amide bonds. The van der Waals surface area contributed by atoms with E-state index in [9.17, 15) is 4.79 Å². The average Bonchev–Trinajstić information content (AvgIpc) is 2.85. The molecule has 0 atom stereocenters. The third kappa shape index (κ3) is 2.96. The van der Waals surface area contributed by atoms with Crippen molar-refractivity contribution in [2.24, 2.45) is 0 Å². The molecule has 0 aliphatic carbocycles. The van der Waals surface area contributed by atoms with Crippen LogP contribution in [0, 0.1) is 0 Å². The van der Waals surface area contributed by atoms with Gasteiger partial charge >= 0.3 is 0 Å². The number of rotatable bonds is 3. The Balaban J connectivity index is 1.81. The second-order valence-electron chi connectivity index (χ2n) is 4.55. The fraction of sp³-hybridized carbons (Fsp3) is 0.267. The lowest BCUT2D eigenvalue weighted by Gasteiger charge is -2.08. The molecule has 19 heavy (non-hydrogen) atoms. The summed E-state index contributed by atoms with van der Waals surface area (Å²) in [6.45, 7) is 0. The van der Waals surface area contributed by atoms with Gasteiger partial charge < -0.3 is 0 Å². The standard InChI is InChI=1S/C15H13BrOS2/c16-12-4-2-1-3-10(12)7-13(17)15-8-11-9-18-6-5-14(11)19-15/h1-4,8H,5-7,9H2. The van der Waals surface area contributed by atoms with Crippen LogP contribution >= 0.6 is 39.0 Å². The second kappa shape index (κ2) is 5.81. The molecule has 1 aliphatic heterocycles. The lowest BCUT2D eigenvalue weighted by atomic mass is 10.1. The number of Topliss-reactive ketones (excluding diaryl/α,β-unsaturated/α-hetero) is 1. The molecule has 0 radical (unpaired) electrons. The summed E-state index contributed by atoms with van der Waals surface area (Å²) in [5.41, 5.74) is 2.44. The number of ketones is 1. The smallest absolute Gasteiger partial charge is 0.177 e. The van der Waals surface area contributed by atoms with Gasteiger partial charge in [0.05, 0.1) is 4.88 Å². The van der Waals surface area contributed by atoms with E-state index in [1.54, 1.807) is 11.3 Å². The molecule has 0 saturated carbocycles. The van der Waals surface area contributed by atoms with Gasteiger partial charge in [-0.05, 0) is 35.4 Å². The highest BCUT2D eigenvalue weighted by atomic mass is 79.9. The van der Waals surface area contributed by atoms with Gasteiger partial charge in [-0.1, -0.05) is 34.1 Å². The van der Waals surface area contributed by atoms with Crippen molar-refractivity contribution in [2.75, 3.05) is 5.75 Å². The normalized spacial score (nSPS) is 14.2. The van der Waals surface area contributed by atoms with Crippen LogP contribution in [-0.4, -0.2) is 11.5 Å². The summed E-state index contributed by atoms with van der Waals surface area (Å²) in [5, 5.41) is 0. The van der Waals surface area contributed by atoms with Gasteiger partial charge in [-0.2, -0.15) is 11.8 Å². The Bertz CT molecular complexity index is 595. The Labute approximate surface area is 129 Å². The highest BCUT2D eigenvalue weighted by Crippen LogP contribution is 2.32. The zero-order valence-electron chi connectivity index (χ0n) is 10.3. The van der Waals surface area contributed by atoms with Crippen LogP contribution < -0.4 is 0 Å². The summed E-state index contributed by atoms with van der Waals surface area (Å²) < 4.78 is 1.01. The Morgan fingerprint density at radius 2 is 2.16 bits per heavy atom. The van der Waals surface area contributed by atoms with E-state index in [1.165, 1.54) is 16.2 Å². The van der Waals surface area contributed by atoms with Crippen LogP contribution in [0.2, 0.25) is 0 Å². The van der Waals surface area contributed by atoms with Crippen molar-refractivity contribution in [2.45, 2.75) is 18.6 Å². The molecule has 0 bridgehead atoms. The Hall–Kier alpha value is -0.580. The van der Waals surface area contributed by atoms with Crippen molar-refractivity contribution in [3.63, 3.8) is 0 Å². The molecule has 1 aromatic carbocycles. The molecular weight excluding hydrogens is 340 g/mol. The molecule has 4 heteroatoms. The molecule has 1 nitrogen and oxygen atoms in total. The average molecular weight is 353 g/mol. The van der Waals surface area contributed by atoms with Crippen molar-refractivity contribution in [3.05, 3.63) is 55.7 Å². The zero-order chi connectivity index (χ0) is 13.2. The monoisotopic (exact) mass is 352 g/mol. The van der Waals surface area contributed by atoms with Gasteiger partial charge in [-0.25, -0.2) is 0 Å². The molecule has 2 aromatic rings. The predicted molar refractivity (Wildman–Crippen MR) is 86.4 cm³/mol. The van der Waals surface area contributed by atoms with Gasteiger partial charge in [0, 0.05) is 21.5 Å². The molecule has 0 spiro atoms. The molecule has 1 aromatic heterocycles. The molecule has 0 saturated heterocycles. The minimum Gasteiger partial charge on any atom is -0.293 e. The van der Waals surface area contributed by atoms with E-state index in [2.05, 4.69) is 22.0 Å². The van der Waals surface area contributed by atoms with Crippen molar-refractivity contribution in [1.82, 2.24) is 0 Å². The van der Waals surface area contributed by atoms with Crippen LogP contribution in [0.5, 0.6) is 0 Å². The largest absolute Gasteiger partial charge is 0.293 e. The first-order valence-electron chi connectivity index (χ1n) is 6.20. The van der Waals surface area contributed by atoms with E-state index in [-0.39, 0.29) is 5.78 Å². The van der Waals surface area contributed by atoms with E-state index >= 15 is 0 Å². The SMILES string of the molecule is O=C(Cc1ccccc1Br)c1cc2c(s1)CCSC2. The maximum Gasteiger partial charge on any atom is 0.177 e. The number of thioether (sulfide) groups is 1. The summed E-state index contributed by atoms with van der Waals surface area (Å²) in [4.78, 5) is 14.7. The maximum absolute atomic E-state index is 12.4. The third-order valence-electron chi connectivity index (χ3n) is 3.21. The van der Waals surface area contributed by atoms with Gasteiger partial charge in [0.25, 0.3) is 0 Å². The zero-order valence-corrected chi connectivity index (χ0v) is 13.5. The molecule has 0 fully saturated rings. The van der Waals surface area contributed by atoms with E-state index in [4.69, 9.17) is 0 Å². The number of carbonyl (C=O) groups is 1. The first-order chi connectivity index (χ1) is 9.24. The minimum absolute atomic E-state index is 0.233. The topological polar surface area (TPSA) is 17.1 Å². The summed E-state index contributed by atoms with van der Waals surface area (Å²) in [7, 11) is 0. The number of fused-ring (bicyclic) bond motifs is 1. The number of aryl methyl sites for hydroxylation is 1. The molecule has 98 valence electrons. The van der Waals surface area contributed by atoms with Crippen LogP contribution in [0.1, 0.15) is 25.7 Å². The fourth-order valence-electron chi connectivity index (χ4n) is 2.19. The molecule has 0 N–H and O–H groups in total. The van der Waals surface area contributed by atoms with Crippen molar-refractivity contribution >= 4 is 44.8 Å². The Morgan fingerprint density at radius 3 is 2.95 bits per heavy atom. The van der Waals surface area contributed by atoms with Crippen LogP contribution in [0.4, 0.5) is 0 Å². The third-order valence-corrected chi connectivity index (χ3v) is 6.27. The summed E-state index contributed by atoms with van der Waals surface area (Å²) in [6.07, 6.45) is 1.60. The van der Waals surface area contributed by atoms with Crippen LogP contribution in [0.3, 0.4) is 0 Å². The van der Waals surface area contributed by atoms with Gasteiger partial charge in [0.2, 0.25) is 0 Å². The van der Waals surface area contributed by atoms with E-state index < -0.39 is 0 Å². The summed E-state index contributed by atoms with van der Waals surface area (Å²) >= 11 is 7.15. The number of hydrogen-bond acceptors (Lipinski definition) is 3. The number of hydrogen-bond donors (Lipinski definition) is 0. The van der Waals surface area contributed by atoms with Gasteiger partial charge in [-0.15, -0.1) is 11.3 Å². The summed E-state index contributed by atoms with van der Waals surface area (Å²) in [5.74, 6) is 2.48. The van der Waals surface area contributed by atoms with Crippen LogP contribution in [-0.2, 0) is 18.6 Å². The molecular formula is C15H13BrOS2. The second-order valence-corrected chi connectivity index (χ2v) is 7.65. The fourth-order valence-corrected chi connectivity index (χ4v) is 4.92. The van der Waals surface area contributed by atoms with Gasteiger partial charge in [0.15, 0.2) is 5.78 Å². The van der Waals surface area contributed by atoms with E-state index in [0.717, 1.165) is 27.1 Å². The lowest BCUT2D eigenvalue weighted by molar-refractivity contribution is 0.0996. The number of thiophene rings is 1. The first-order valence-corrected chi connectivity index (χ1v) is 8.96.